The number of rotatable bonds is 5. The molecule has 1 aromatic heterocycles. The molecule has 6 nitrogen and oxygen atoms in total. The first-order valence-corrected chi connectivity index (χ1v) is 8.22. The molecule has 3 rings (SSSR count). The van der Waals surface area contributed by atoms with Gasteiger partial charge in [-0.25, -0.2) is 9.07 Å². The van der Waals surface area contributed by atoms with Gasteiger partial charge < -0.3 is 10.4 Å². The van der Waals surface area contributed by atoms with Crippen LogP contribution < -0.4 is 5.32 Å². The minimum absolute atomic E-state index is 0.0302. The van der Waals surface area contributed by atoms with Gasteiger partial charge in [0, 0.05) is 4.47 Å². The van der Waals surface area contributed by atoms with Crippen LogP contribution >= 0.6 is 15.9 Å². The molecule has 1 heterocycles. The zero-order chi connectivity index (χ0) is 17.8. The van der Waals surface area contributed by atoms with Gasteiger partial charge in [-0.05, 0) is 23.8 Å². The van der Waals surface area contributed by atoms with Crippen molar-refractivity contribution in [1.82, 2.24) is 15.0 Å². The van der Waals surface area contributed by atoms with Crippen LogP contribution in [0.5, 0.6) is 0 Å². The van der Waals surface area contributed by atoms with Crippen LogP contribution in [0.25, 0.3) is 0 Å². The van der Waals surface area contributed by atoms with E-state index >= 15 is 0 Å². The van der Waals surface area contributed by atoms with E-state index in [2.05, 4.69) is 31.6 Å². The molecule has 25 heavy (non-hydrogen) atoms. The number of amides is 1. The molecule has 2 aromatic carbocycles. The summed E-state index contributed by atoms with van der Waals surface area (Å²) in [6, 6.07) is 13.4. The van der Waals surface area contributed by atoms with Crippen molar-refractivity contribution in [2.45, 2.75) is 12.6 Å². The highest BCUT2D eigenvalue weighted by atomic mass is 79.9. The molecule has 0 spiro atoms. The summed E-state index contributed by atoms with van der Waals surface area (Å²) in [6.07, 6.45) is 0.626. The summed E-state index contributed by atoms with van der Waals surface area (Å²) in [6.45, 7) is 0.150. The number of aromatic nitrogens is 3. The minimum atomic E-state index is -0.775. The molecule has 2 N–H and O–H groups in total. The van der Waals surface area contributed by atoms with Crippen molar-refractivity contribution in [1.29, 1.82) is 0 Å². The molecule has 1 atom stereocenters. The van der Waals surface area contributed by atoms with Crippen LogP contribution in [0.2, 0.25) is 0 Å². The number of aliphatic hydroxyl groups excluding tert-OH is 1. The SMILES string of the molecule is O=C(Nc1ccc(Br)cc1F)c1cn(CC(O)c2ccccc2)nn1. The van der Waals surface area contributed by atoms with E-state index in [1.807, 2.05) is 18.2 Å². The highest BCUT2D eigenvalue weighted by Gasteiger charge is 2.15. The third-order valence-electron chi connectivity index (χ3n) is 3.49. The fourth-order valence-corrected chi connectivity index (χ4v) is 2.56. The fraction of sp³-hybridized carbons (Fsp3) is 0.118. The Hall–Kier alpha value is -2.58. The van der Waals surface area contributed by atoms with Gasteiger partial charge in [0.05, 0.1) is 24.5 Å². The van der Waals surface area contributed by atoms with Gasteiger partial charge in [-0.3, -0.25) is 4.79 Å². The number of nitrogens with zero attached hydrogens (tertiary/aromatic N) is 3. The van der Waals surface area contributed by atoms with E-state index in [0.717, 1.165) is 5.56 Å². The van der Waals surface area contributed by atoms with Crippen molar-refractivity contribution >= 4 is 27.5 Å². The summed E-state index contributed by atoms with van der Waals surface area (Å²) in [4.78, 5) is 12.2. The zero-order valence-corrected chi connectivity index (χ0v) is 14.5. The van der Waals surface area contributed by atoms with Crippen LogP contribution in [-0.4, -0.2) is 26.0 Å². The van der Waals surface area contributed by atoms with E-state index < -0.39 is 17.8 Å². The average Bonchev–Trinajstić information content (AvgIpc) is 3.07. The lowest BCUT2D eigenvalue weighted by Crippen LogP contribution is -2.13. The second-order valence-corrected chi connectivity index (χ2v) is 6.25. The Kier molecular flexibility index (Phi) is 5.20. The quantitative estimate of drug-likeness (QED) is 0.684. The lowest BCUT2D eigenvalue weighted by Gasteiger charge is -2.09. The summed E-state index contributed by atoms with van der Waals surface area (Å²) in [5.74, 6) is -1.14. The zero-order valence-electron chi connectivity index (χ0n) is 12.9. The molecule has 0 radical (unpaired) electrons. The molecule has 0 saturated carbocycles. The van der Waals surface area contributed by atoms with Gasteiger partial charge in [0.25, 0.3) is 5.91 Å². The molecule has 0 aliphatic rings. The number of carbonyl (C=O) groups is 1. The Morgan fingerprint density at radius 1 is 1.28 bits per heavy atom. The third-order valence-corrected chi connectivity index (χ3v) is 3.99. The number of benzene rings is 2. The number of nitrogens with one attached hydrogen (secondary N) is 1. The van der Waals surface area contributed by atoms with Crippen molar-refractivity contribution in [3.8, 4) is 0 Å². The third kappa shape index (κ3) is 4.28. The summed E-state index contributed by atoms with van der Waals surface area (Å²) < 4.78 is 15.7. The lowest BCUT2D eigenvalue weighted by molar-refractivity contribution is 0.102. The first-order valence-electron chi connectivity index (χ1n) is 7.42. The summed E-state index contributed by atoms with van der Waals surface area (Å²) in [7, 11) is 0. The Balaban J connectivity index is 1.67. The first-order chi connectivity index (χ1) is 12.0. The molecule has 0 bridgehead atoms. The molecule has 8 heteroatoms. The molecule has 0 fully saturated rings. The van der Waals surface area contributed by atoms with Crippen molar-refractivity contribution in [2.75, 3.05) is 5.32 Å². The van der Waals surface area contributed by atoms with Crippen LogP contribution in [0.15, 0.2) is 59.2 Å². The average molecular weight is 405 g/mol. The van der Waals surface area contributed by atoms with Gasteiger partial charge in [-0.1, -0.05) is 51.5 Å². The Morgan fingerprint density at radius 2 is 2.04 bits per heavy atom. The number of hydrogen-bond acceptors (Lipinski definition) is 4. The van der Waals surface area contributed by atoms with E-state index in [4.69, 9.17) is 0 Å². The van der Waals surface area contributed by atoms with E-state index in [-0.39, 0.29) is 17.9 Å². The number of anilines is 1. The number of carbonyl (C=O) groups excluding carboxylic acids is 1. The van der Waals surface area contributed by atoms with Gasteiger partial charge in [0.15, 0.2) is 5.69 Å². The summed E-state index contributed by atoms with van der Waals surface area (Å²) in [5.41, 5.74) is 0.815. The van der Waals surface area contributed by atoms with Gasteiger partial charge in [0.1, 0.15) is 5.82 Å². The second-order valence-electron chi connectivity index (χ2n) is 5.33. The molecule has 128 valence electrons. The Bertz CT molecular complexity index is 885. The standard InChI is InChI=1S/C17H14BrFN4O2/c18-12-6-7-14(13(19)8-12)20-17(25)15-9-23(22-21-15)10-16(24)11-4-2-1-3-5-11/h1-9,16,24H,10H2,(H,20,25). The van der Waals surface area contributed by atoms with Crippen LogP contribution in [0.1, 0.15) is 22.2 Å². The molecular formula is C17H14BrFN4O2. The van der Waals surface area contributed by atoms with Gasteiger partial charge >= 0.3 is 0 Å². The van der Waals surface area contributed by atoms with E-state index in [0.29, 0.717) is 4.47 Å². The topological polar surface area (TPSA) is 80.0 Å². The fourth-order valence-electron chi connectivity index (χ4n) is 2.23. The monoisotopic (exact) mass is 404 g/mol. The molecule has 1 unspecified atom stereocenters. The Labute approximate surface area is 151 Å². The largest absolute Gasteiger partial charge is 0.386 e. The van der Waals surface area contributed by atoms with Crippen LogP contribution in [0, 0.1) is 5.82 Å². The van der Waals surface area contributed by atoms with Crippen molar-refractivity contribution in [3.63, 3.8) is 0 Å². The van der Waals surface area contributed by atoms with Gasteiger partial charge in [-0.2, -0.15) is 0 Å². The van der Waals surface area contributed by atoms with Crippen molar-refractivity contribution < 1.29 is 14.3 Å². The maximum Gasteiger partial charge on any atom is 0.277 e. The van der Waals surface area contributed by atoms with Crippen molar-refractivity contribution in [3.05, 3.63) is 76.3 Å². The van der Waals surface area contributed by atoms with E-state index in [1.54, 1.807) is 18.2 Å². The maximum absolute atomic E-state index is 13.8. The Morgan fingerprint density at radius 3 is 2.76 bits per heavy atom. The smallest absolute Gasteiger partial charge is 0.277 e. The summed E-state index contributed by atoms with van der Waals surface area (Å²) in [5, 5.41) is 20.2. The maximum atomic E-state index is 13.8. The molecular weight excluding hydrogens is 391 g/mol. The predicted molar refractivity (Wildman–Crippen MR) is 93.5 cm³/mol. The number of halogens is 2. The molecule has 1 amide bonds. The molecule has 0 aliphatic heterocycles. The van der Waals surface area contributed by atoms with Gasteiger partial charge in [0.2, 0.25) is 0 Å². The van der Waals surface area contributed by atoms with E-state index in [1.165, 1.54) is 23.0 Å². The van der Waals surface area contributed by atoms with Crippen LogP contribution in [0.3, 0.4) is 0 Å². The molecule has 0 saturated heterocycles. The van der Waals surface area contributed by atoms with Gasteiger partial charge in [-0.15, -0.1) is 5.10 Å². The highest BCUT2D eigenvalue weighted by molar-refractivity contribution is 9.10. The minimum Gasteiger partial charge on any atom is -0.386 e. The second kappa shape index (κ2) is 7.54. The number of hydrogen-bond donors (Lipinski definition) is 2. The predicted octanol–water partition coefficient (Wildman–Crippen LogP) is 3.17. The van der Waals surface area contributed by atoms with E-state index in [9.17, 15) is 14.3 Å². The molecule has 0 aliphatic carbocycles. The van der Waals surface area contributed by atoms with Crippen LogP contribution in [-0.2, 0) is 6.54 Å². The highest BCUT2D eigenvalue weighted by Crippen LogP contribution is 2.20. The number of aliphatic hydroxyl groups is 1. The molecule has 3 aromatic rings. The van der Waals surface area contributed by atoms with Crippen LogP contribution in [0.4, 0.5) is 10.1 Å². The first kappa shape index (κ1) is 17.2. The normalized spacial score (nSPS) is 12.0. The van der Waals surface area contributed by atoms with Crippen molar-refractivity contribution in [2.24, 2.45) is 0 Å². The summed E-state index contributed by atoms with van der Waals surface area (Å²) >= 11 is 3.15. The lowest BCUT2D eigenvalue weighted by atomic mass is 10.1.